The van der Waals surface area contributed by atoms with Crippen LogP contribution in [0.2, 0.25) is 5.02 Å². The smallest absolute Gasteiger partial charge is 0.293 e. The highest BCUT2D eigenvalue weighted by Crippen LogP contribution is 2.36. The van der Waals surface area contributed by atoms with Gasteiger partial charge in [-0.1, -0.05) is 23.7 Å². The van der Waals surface area contributed by atoms with Gasteiger partial charge in [-0.05, 0) is 30.3 Å². The van der Waals surface area contributed by atoms with Crippen molar-refractivity contribution in [2.45, 2.75) is 6.04 Å². The zero-order valence-electron chi connectivity index (χ0n) is 12.6. The Labute approximate surface area is 146 Å². The zero-order chi connectivity index (χ0) is 18.1. The van der Waals surface area contributed by atoms with Crippen LogP contribution in [0.5, 0.6) is 0 Å². The van der Waals surface area contributed by atoms with Crippen molar-refractivity contribution in [2.75, 3.05) is 0 Å². The van der Waals surface area contributed by atoms with Gasteiger partial charge in [0.15, 0.2) is 0 Å². The average molecular weight is 359 g/mol. The Kier molecular flexibility index (Phi) is 4.24. The number of amides is 1. The van der Waals surface area contributed by atoms with Crippen LogP contribution < -0.4 is 5.32 Å². The molecule has 0 bridgehead atoms. The summed E-state index contributed by atoms with van der Waals surface area (Å²) in [5.41, 5.74) is -0.111. The molecule has 1 atom stereocenters. The SMILES string of the molecule is O=C1N[C@H](c2ccccc2[N+](=O)[O-])/C(=C(\O)c2ccc(Cl)cc2)C1=O. The molecule has 0 saturated carbocycles. The van der Waals surface area contributed by atoms with Crippen LogP contribution in [0, 0.1) is 10.1 Å². The Morgan fingerprint density at radius 3 is 2.40 bits per heavy atom. The van der Waals surface area contributed by atoms with Gasteiger partial charge < -0.3 is 10.4 Å². The van der Waals surface area contributed by atoms with Gasteiger partial charge in [0.2, 0.25) is 0 Å². The second kappa shape index (κ2) is 6.37. The minimum atomic E-state index is -1.11. The summed E-state index contributed by atoms with van der Waals surface area (Å²) in [6, 6.07) is 10.6. The maximum atomic E-state index is 12.2. The summed E-state index contributed by atoms with van der Waals surface area (Å²) in [4.78, 5) is 34.7. The summed E-state index contributed by atoms with van der Waals surface area (Å²) in [7, 11) is 0. The van der Waals surface area contributed by atoms with Crippen molar-refractivity contribution in [3.8, 4) is 0 Å². The van der Waals surface area contributed by atoms with Gasteiger partial charge in [0.05, 0.1) is 22.1 Å². The van der Waals surface area contributed by atoms with Crippen LogP contribution in [-0.2, 0) is 9.59 Å². The number of benzene rings is 2. The van der Waals surface area contributed by atoms with Crippen molar-refractivity contribution >= 4 is 34.7 Å². The second-order valence-corrected chi connectivity index (χ2v) is 5.76. The Morgan fingerprint density at radius 2 is 1.76 bits per heavy atom. The molecule has 8 heteroatoms. The number of nitro benzene ring substituents is 1. The number of Topliss-reactive ketones (excluding diaryl/α,β-unsaturated/α-hetero) is 1. The minimum absolute atomic E-state index is 0.113. The third-order valence-corrected chi connectivity index (χ3v) is 4.08. The third kappa shape index (κ3) is 2.97. The summed E-state index contributed by atoms with van der Waals surface area (Å²) in [6.45, 7) is 0. The van der Waals surface area contributed by atoms with E-state index in [9.17, 15) is 24.8 Å². The number of hydrogen-bond acceptors (Lipinski definition) is 5. The molecule has 2 aromatic carbocycles. The third-order valence-electron chi connectivity index (χ3n) is 3.83. The van der Waals surface area contributed by atoms with Crippen molar-refractivity contribution in [3.05, 3.63) is 80.4 Å². The number of carbonyl (C=O) groups excluding carboxylic acids is 2. The van der Waals surface area contributed by atoms with Crippen molar-refractivity contribution in [3.63, 3.8) is 0 Å². The number of nitro groups is 1. The molecule has 2 N–H and O–H groups in total. The van der Waals surface area contributed by atoms with Gasteiger partial charge >= 0.3 is 0 Å². The van der Waals surface area contributed by atoms with E-state index in [1.165, 1.54) is 42.5 Å². The molecular weight excluding hydrogens is 348 g/mol. The number of halogens is 1. The zero-order valence-corrected chi connectivity index (χ0v) is 13.4. The van der Waals surface area contributed by atoms with E-state index in [1.807, 2.05) is 0 Å². The maximum Gasteiger partial charge on any atom is 0.293 e. The number of aliphatic hydroxyl groups excluding tert-OH is 1. The first-order chi connectivity index (χ1) is 11.9. The highest BCUT2D eigenvalue weighted by Gasteiger charge is 2.42. The van der Waals surface area contributed by atoms with E-state index in [-0.39, 0.29) is 22.4 Å². The maximum absolute atomic E-state index is 12.2. The lowest BCUT2D eigenvalue weighted by Gasteiger charge is -2.13. The lowest BCUT2D eigenvalue weighted by atomic mass is 9.95. The Bertz CT molecular complexity index is 921. The Hall–Kier alpha value is -3.19. The molecule has 1 aliphatic rings. The number of ketones is 1. The number of carbonyl (C=O) groups is 2. The lowest BCUT2D eigenvalue weighted by Crippen LogP contribution is -2.21. The number of rotatable bonds is 3. The fraction of sp³-hybridized carbons (Fsp3) is 0.0588. The van der Waals surface area contributed by atoms with Gasteiger partial charge in [-0.2, -0.15) is 0 Å². The molecule has 0 aliphatic carbocycles. The molecule has 0 aromatic heterocycles. The van der Waals surface area contributed by atoms with Gasteiger partial charge in [0.25, 0.3) is 17.4 Å². The first-order valence-electron chi connectivity index (χ1n) is 7.17. The summed E-state index contributed by atoms with van der Waals surface area (Å²) in [6.07, 6.45) is 0. The van der Waals surface area contributed by atoms with Gasteiger partial charge in [-0.3, -0.25) is 19.7 Å². The number of aliphatic hydroxyl groups is 1. The van der Waals surface area contributed by atoms with Crippen LogP contribution in [0.1, 0.15) is 17.2 Å². The van der Waals surface area contributed by atoms with Crippen LogP contribution in [0.3, 0.4) is 0 Å². The van der Waals surface area contributed by atoms with Gasteiger partial charge in [-0.15, -0.1) is 0 Å². The van der Waals surface area contributed by atoms with Crippen LogP contribution in [0.4, 0.5) is 5.69 Å². The molecule has 25 heavy (non-hydrogen) atoms. The molecule has 3 rings (SSSR count). The van der Waals surface area contributed by atoms with Crippen molar-refractivity contribution in [1.29, 1.82) is 0 Å². The minimum Gasteiger partial charge on any atom is -0.507 e. The second-order valence-electron chi connectivity index (χ2n) is 5.32. The van der Waals surface area contributed by atoms with Crippen LogP contribution in [-0.4, -0.2) is 21.7 Å². The highest BCUT2D eigenvalue weighted by molar-refractivity contribution is 6.46. The molecule has 0 spiro atoms. The molecule has 126 valence electrons. The number of nitrogens with one attached hydrogen (secondary N) is 1. The van der Waals surface area contributed by atoms with Crippen molar-refractivity contribution in [1.82, 2.24) is 5.32 Å². The molecule has 1 heterocycles. The average Bonchev–Trinajstić information content (AvgIpc) is 2.90. The van der Waals surface area contributed by atoms with E-state index in [2.05, 4.69) is 5.32 Å². The Balaban J connectivity index is 2.18. The van der Waals surface area contributed by atoms with Crippen molar-refractivity contribution < 1.29 is 19.6 Å². The molecule has 1 saturated heterocycles. The topological polar surface area (TPSA) is 110 Å². The standard InChI is InChI=1S/C17H11ClN2O5/c18-10-7-5-9(6-8-10)15(21)13-14(19-17(23)16(13)22)11-3-1-2-4-12(11)20(24)25/h1-8,14,21H,(H,19,23)/b15-13+/t14-/m1/s1. The predicted octanol–water partition coefficient (Wildman–Crippen LogP) is 2.96. The number of nitrogens with zero attached hydrogens (tertiary/aromatic N) is 1. The first kappa shape index (κ1) is 16.7. The first-order valence-corrected chi connectivity index (χ1v) is 7.55. The molecule has 0 radical (unpaired) electrons. The van der Waals surface area contributed by atoms with E-state index in [4.69, 9.17) is 11.6 Å². The van der Waals surface area contributed by atoms with E-state index in [1.54, 1.807) is 6.07 Å². The van der Waals surface area contributed by atoms with E-state index < -0.39 is 28.4 Å². The Morgan fingerprint density at radius 1 is 1.12 bits per heavy atom. The number of hydrogen-bond donors (Lipinski definition) is 2. The van der Waals surface area contributed by atoms with Gasteiger partial charge in [0.1, 0.15) is 5.76 Å². The fourth-order valence-corrected chi connectivity index (χ4v) is 2.79. The summed E-state index contributed by atoms with van der Waals surface area (Å²) < 4.78 is 0. The quantitative estimate of drug-likeness (QED) is 0.288. The van der Waals surface area contributed by atoms with Crippen molar-refractivity contribution in [2.24, 2.45) is 0 Å². The van der Waals surface area contributed by atoms with Crippen LogP contribution in [0.25, 0.3) is 5.76 Å². The molecule has 7 nitrogen and oxygen atoms in total. The van der Waals surface area contributed by atoms with Crippen LogP contribution in [0.15, 0.2) is 54.1 Å². The molecule has 1 aliphatic heterocycles. The lowest BCUT2D eigenvalue weighted by molar-refractivity contribution is -0.385. The molecular formula is C17H11ClN2O5. The van der Waals surface area contributed by atoms with Gasteiger partial charge in [-0.25, -0.2) is 0 Å². The molecule has 2 aromatic rings. The highest BCUT2D eigenvalue weighted by atomic mass is 35.5. The van der Waals surface area contributed by atoms with E-state index in [0.717, 1.165) is 0 Å². The normalized spacial score (nSPS) is 18.8. The number of para-hydroxylation sites is 1. The fourth-order valence-electron chi connectivity index (χ4n) is 2.66. The summed E-state index contributed by atoms with van der Waals surface area (Å²) in [5.74, 6) is -2.29. The molecule has 1 fully saturated rings. The summed E-state index contributed by atoms with van der Waals surface area (Å²) in [5, 5.41) is 24.6. The monoisotopic (exact) mass is 358 g/mol. The predicted molar refractivity (Wildman–Crippen MR) is 90.0 cm³/mol. The summed E-state index contributed by atoms with van der Waals surface area (Å²) >= 11 is 5.80. The van der Waals surface area contributed by atoms with E-state index in [0.29, 0.717) is 5.02 Å². The van der Waals surface area contributed by atoms with Gasteiger partial charge in [0, 0.05) is 16.7 Å². The molecule has 1 amide bonds. The van der Waals surface area contributed by atoms with Crippen LogP contribution >= 0.6 is 11.6 Å². The largest absolute Gasteiger partial charge is 0.507 e. The molecule has 0 unspecified atom stereocenters. The van der Waals surface area contributed by atoms with E-state index >= 15 is 0 Å².